The molecule has 0 radical (unpaired) electrons. The Morgan fingerprint density at radius 2 is 1.73 bits per heavy atom. The van der Waals surface area contributed by atoms with E-state index in [1.165, 1.54) is 4.57 Å². The summed E-state index contributed by atoms with van der Waals surface area (Å²) in [6, 6.07) is 21.7. The molecule has 2 heterocycles. The van der Waals surface area contributed by atoms with Crippen LogP contribution in [0.4, 0.5) is 5.69 Å². The van der Waals surface area contributed by atoms with E-state index in [1.807, 2.05) is 42.5 Å². The Hall–Kier alpha value is -3.45. The van der Waals surface area contributed by atoms with E-state index in [1.54, 1.807) is 36.4 Å². The molecule has 0 amide bonds. The summed E-state index contributed by atoms with van der Waals surface area (Å²) in [5.74, 6) is -0.284. The second kappa shape index (κ2) is 8.48. The highest BCUT2D eigenvalue weighted by molar-refractivity contribution is 7.71. The number of allylic oxidation sites excluding steroid dienone is 1. The third kappa shape index (κ3) is 3.93. The molecule has 162 valence electrons. The zero-order valence-corrected chi connectivity index (χ0v) is 19.2. The first-order valence-electron chi connectivity index (χ1n) is 9.93. The van der Waals surface area contributed by atoms with E-state index >= 15 is 0 Å². The van der Waals surface area contributed by atoms with Gasteiger partial charge in [0.15, 0.2) is 4.77 Å². The lowest BCUT2D eigenvalue weighted by atomic mass is 9.96. The van der Waals surface area contributed by atoms with Crippen LogP contribution in [-0.2, 0) is 0 Å². The molecule has 0 spiro atoms. The van der Waals surface area contributed by atoms with Gasteiger partial charge in [0, 0.05) is 26.7 Å². The maximum absolute atomic E-state index is 12.9. The average Bonchev–Trinajstić information content (AvgIpc) is 3.16. The number of rotatable bonds is 3. The van der Waals surface area contributed by atoms with Crippen LogP contribution < -0.4 is 5.56 Å². The summed E-state index contributed by atoms with van der Waals surface area (Å²) < 4.78 is 1.45. The molecule has 0 fully saturated rings. The maximum Gasteiger partial charge on any atom is 0.262 e. The van der Waals surface area contributed by atoms with E-state index in [-0.39, 0.29) is 16.2 Å². The van der Waals surface area contributed by atoms with Crippen LogP contribution in [0, 0.1) is 4.77 Å². The van der Waals surface area contributed by atoms with E-state index in [4.69, 9.17) is 40.4 Å². The highest BCUT2D eigenvalue weighted by atomic mass is 35.5. The Labute approximate surface area is 203 Å². The predicted molar refractivity (Wildman–Crippen MR) is 136 cm³/mol. The normalized spacial score (nSPS) is 13.8. The van der Waals surface area contributed by atoms with Gasteiger partial charge in [0.05, 0.1) is 17.1 Å². The number of hydrogen-bond acceptors (Lipinski definition) is 4. The first-order chi connectivity index (χ1) is 15.9. The van der Waals surface area contributed by atoms with Crippen LogP contribution in [0.2, 0.25) is 10.0 Å². The molecule has 0 bridgehead atoms. The number of aromatic nitrogens is 2. The van der Waals surface area contributed by atoms with Gasteiger partial charge in [0.1, 0.15) is 5.56 Å². The molecule has 5 nitrogen and oxygen atoms in total. The number of fused-ring (bicyclic) bond motifs is 1. The minimum atomic E-state index is -0.509. The van der Waals surface area contributed by atoms with Gasteiger partial charge in [-0.25, -0.2) is 4.99 Å². The Morgan fingerprint density at radius 1 is 0.970 bits per heavy atom. The lowest BCUT2D eigenvalue weighted by Gasteiger charge is -2.12. The third-order valence-electron chi connectivity index (χ3n) is 5.27. The topological polar surface area (TPSA) is 70.4 Å². The van der Waals surface area contributed by atoms with Crippen LogP contribution in [0.1, 0.15) is 16.7 Å². The van der Waals surface area contributed by atoms with Crippen LogP contribution >= 0.6 is 35.4 Å². The van der Waals surface area contributed by atoms with Crippen LogP contribution in [0.25, 0.3) is 17.3 Å². The fraction of sp³-hybridized carbons (Fsp3) is 0. The molecule has 0 saturated carbocycles. The van der Waals surface area contributed by atoms with Gasteiger partial charge in [-0.3, -0.25) is 14.3 Å². The molecule has 0 unspecified atom stereocenters. The van der Waals surface area contributed by atoms with Gasteiger partial charge in [-0.05, 0) is 60.8 Å². The Bertz CT molecular complexity index is 1580. The Balaban J connectivity index is 1.74. The zero-order valence-electron chi connectivity index (χ0n) is 16.9. The van der Waals surface area contributed by atoms with Gasteiger partial charge in [0.2, 0.25) is 5.88 Å². The summed E-state index contributed by atoms with van der Waals surface area (Å²) in [4.78, 5) is 20.3. The fourth-order valence-electron chi connectivity index (χ4n) is 3.75. The van der Waals surface area contributed by atoms with Crippen molar-refractivity contribution in [1.82, 2.24) is 9.55 Å². The molecule has 1 aliphatic rings. The molecule has 0 saturated heterocycles. The number of nitrogens with one attached hydrogen (secondary N) is 1. The summed E-state index contributed by atoms with van der Waals surface area (Å²) in [5.41, 5.74) is 3.85. The molecular formula is C25H15Cl2N3O2S. The van der Waals surface area contributed by atoms with Crippen LogP contribution in [0.5, 0.6) is 5.88 Å². The van der Waals surface area contributed by atoms with Crippen molar-refractivity contribution in [2.75, 3.05) is 0 Å². The van der Waals surface area contributed by atoms with E-state index in [0.29, 0.717) is 27.0 Å². The third-order valence-corrected chi connectivity index (χ3v) is 6.05. The van der Waals surface area contributed by atoms with Gasteiger partial charge in [0.25, 0.3) is 5.56 Å². The van der Waals surface area contributed by atoms with Crippen LogP contribution in [-0.4, -0.2) is 20.4 Å². The van der Waals surface area contributed by atoms with Crippen LogP contribution in [0.15, 0.2) is 82.6 Å². The first kappa shape index (κ1) is 21.4. The standard InChI is InChI=1S/C25H15Cl2N3O2S/c26-15-8-10-17(11-9-15)30-24(32)20(23(31)29-25(30)33)13-19-18-6-1-2-7-21(18)28-22(19)14-4-3-5-16(27)12-14/h1-13,32H,(H,29,31,33). The molecule has 5 rings (SSSR count). The number of aromatic amines is 1. The lowest BCUT2D eigenvalue weighted by molar-refractivity contribution is 0.432. The number of aromatic hydroxyl groups is 1. The van der Waals surface area contributed by atoms with Crippen molar-refractivity contribution < 1.29 is 5.11 Å². The van der Waals surface area contributed by atoms with Crippen molar-refractivity contribution >= 4 is 58.5 Å². The van der Waals surface area contributed by atoms with Crippen LogP contribution in [0.3, 0.4) is 0 Å². The van der Waals surface area contributed by atoms with Gasteiger partial charge in [-0.1, -0.05) is 53.5 Å². The quantitative estimate of drug-likeness (QED) is 0.318. The van der Waals surface area contributed by atoms with Gasteiger partial charge >= 0.3 is 0 Å². The number of para-hydroxylation sites is 1. The zero-order chi connectivity index (χ0) is 23.1. The fourth-order valence-corrected chi connectivity index (χ4v) is 4.35. The number of nitrogens with zero attached hydrogens (tertiary/aromatic N) is 2. The van der Waals surface area contributed by atoms with Gasteiger partial charge in [-0.15, -0.1) is 0 Å². The molecule has 3 aromatic carbocycles. The second-order valence-corrected chi connectivity index (χ2v) is 8.61. The SMILES string of the molecule is O=c1[nH]c(=S)n(-c2ccc(Cl)cc2)c(O)c1C=C1C(c2cccc(Cl)c2)=Nc2ccccc21. The second-order valence-electron chi connectivity index (χ2n) is 7.35. The number of benzene rings is 3. The van der Waals surface area contributed by atoms with Crippen molar-refractivity contribution in [3.63, 3.8) is 0 Å². The van der Waals surface area contributed by atoms with Crippen molar-refractivity contribution in [2.45, 2.75) is 0 Å². The summed E-state index contributed by atoms with van der Waals surface area (Å²) in [6.45, 7) is 0. The maximum atomic E-state index is 12.9. The van der Waals surface area contributed by atoms with Gasteiger partial charge in [-0.2, -0.15) is 0 Å². The monoisotopic (exact) mass is 491 g/mol. The molecule has 1 aromatic heterocycles. The van der Waals surface area contributed by atoms with Gasteiger partial charge < -0.3 is 5.11 Å². The summed E-state index contributed by atoms with van der Waals surface area (Å²) in [6.07, 6.45) is 1.63. The number of halogens is 2. The number of hydrogen-bond donors (Lipinski definition) is 2. The molecule has 0 aliphatic carbocycles. The molecule has 1 aliphatic heterocycles. The minimum absolute atomic E-state index is 0.0555. The minimum Gasteiger partial charge on any atom is -0.494 e. The predicted octanol–water partition coefficient (Wildman–Crippen LogP) is 6.58. The highest BCUT2D eigenvalue weighted by Gasteiger charge is 2.24. The Morgan fingerprint density at radius 3 is 2.48 bits per heavy atom. The molecular weight excluding hydrogens is 477 g/mol. The van der Waals surface area contributed by atoms with E-state index in [0.717, 1.165) is 16.8 Å². The largest absolute Gasteiger partial charge is 0.494 e. The summed E-state index contributed by atoms with van der Waals surface area (Å²) >= 11 is 17.5. The molecule has 8 heteroatoms. The highest BCUT2D eigenvalue weighted by Crippen LogP contribution is 2.39. The van der Waals surface area contributed by atoms with E-state index in [9.17, 15) is 9.90 Å². The first-order valence-corrected chi connectivity index (χ1v) is 11.1. The van der Waals surface area contributed by atoms with Crippen molar-refractivity contribution in [1.29, 1.82) is 0 Å². The summed E-state index contributed by atoms with van der Waals surface area (Å²) in [5, 5.41) is 12.2. The molecule has 33 heavy (non-hydrogen) atoms. The summed E-state index contributed by atoms with van der Waals surface area (Å²) in [7, 11) is 0. The number of H-pyrrole nitrogens is 1. The van der Waals surface area contributed by atoms with E-state index in [2.05, 4.69) is 4.98 Å². The number of aliphatic imine (C=N–C) groups is 1. The van der Waals surface area contributed by atoms with Crippen molar-refractivity contribution in [3.8, 4) is 11.6 Å². The molecule has 2 N–H and O–H groups in total. The van der Waals surface area contributed by atoms with Crippen molar-refractivity contribution in [3.05, 3.63) is 115 Å². The lowest BCUT2D eigenvalue weighted by Crippen LogP contribution is -2.16. The van der Waals surface area contributed by atoms with Crippen molar-refractivity contribution in [2.24, 2.45) is 4.99 Å². The smallest absolute Gasteiger partial charge is 0.262 e. The average molecular weight is 492 g/mol. The molecule has 4 aromatic rings. The Kier molecular flexibility index (Phi) is 5.50. The van der Waals surface area contributed by atoms with E-state index < -0.39 is 5.56 Å². The molecule has 0 atom stereocenters.